The standard InChI is InChI=1S/C17H29FN2O5/c1-12(11-24-17(2,3)4)13(10-21)9-19-15(22)25-16(23)20-7-5-14(18)6-8-20/h10,12-14H,5-9,11H2,1-4H3,(H,19,22). The summed E-state index contributed by atoms with van der Waals surface area (Å²) in [6.45, 7) is 8.49. The van der Waals surface area contributed by atoms with Crippen molar-refractivity contribution in [1.82, 2.24) is 10.2 Å². The molecule has 1 saturated heterocycles. The normalized spacial score (nSPS) is 18.4. The Hall–Kier alpha value is -1.70. The van der Waals surface area contributed by atoms with Crippen LogP contribution in [0.15, 0.2) is 0 Å². The van der Waals surface area contributed by atoms with Gasteiger partial charge in [-0.15, -0.1) is 0 Å². The minimum absolute atomic E-state index is 0.0524. The van der Waals surface area contributed by atoms with Gasteiger partial charge in [0.25, 0.3) is 0 Å². The Morgan fingerprint density at radius 1 is 1.32 bits per heavy atom. The third-order valence-electron chi connectivity index (χ3n) is 4.03. The van der Waals surface area contributed by atoms with E-state index in [9.17, 15) is 18.8 Å². The predicted molar refractivity (Wildman–Crippen MR) is 90.0 cm³/mol. The van der Waals surface area contributed by atoms with Crippen LogP contribution in [0.3, 0.4) is 0 Å². The number of carbonyl (C=O) groups is 3. The van der Waals surface area contributed by atoms with Gasteiger partial charge in [0.15, 0.2) is 0 Å². The number of rotatable bonds is 6. The number of carbonyl (C=O) groups excluding carboxylic acids is 3. The fraction of sp³-hybridized carbons (Fsp3) is 0.824. The van der Waals surface area contributed by atoms with Gasteiger partial charge in [-0.25, -0.2) is 14.0 Å². The van der Waals surface area contributed by atoms with E-state index in [0.717, 1.165) is 6.29 Å². The second-order valence-corrected chi connectivity index (χ2v) is 7.40. The van der Waals surface area contributed by atoms with Crippen LogP contribution in [0.25, 0.3) is 0 Å². The molecule has 1 aliphatic heterocycles. The van der Waals surface area contributed by atoms with Gasteiger partial charge in [0, 0.05) is 25.6 Å². The predicted octanol–water partition coefficient (Wildman–Crippen LogP) is 2.53. The van der Waals surface area contributed by atoms with Crippen molar-refractivity contribution in [3.8, 4) is 0 Å². The molecule has 0 aromatic carbocycles. The molecule has 0 saturated carbocycles. The van der Waals surface area contributed by atoms with Crippen LogP contribution in [0.4, 0.5) is 14.0 Å². The molecule has 7 nitrogen and oxygen atoms in total. The first kappa shape index (κ1) is 21.3. The molecule has 2 unspecified atom stereocenters. The van der Waals surface area contributed by atoms with Crippen LogP contribution in [0.1, 0.15) is 40.5 Å². The van der Waals surface area contributed by atoms with Gasteiger partial charge in [-0.3, -0.25) is 0 Å². The highest BCUT2D eigenvalue weighted by Gasteiger charge is 2.26. The summed E-state index contributed by atoms with van der Waals surface area (Å²) in [6.07, 6.45) is -1.38. The van der Waals surface area contributed by atoms with E-state index in [1.165, 1.54) is 4.90 Å². The average molecular weight is 360 g/mol. The maximum absolute atomic E-state index is 13.0. The fourth-order valence-corrected chi connectivity index (χ4v) is 2.30. The molecule has 1 N–H and O–H groups in total. The molecule has 0 aromatic heterocycles. The summed E-state index contributed by atoms with van der Waals surface area (Å²) in [5.41, 5.74) is -0.312. The second kappa shape index (κ2) is 9.70. The molecule has 0 aliphatic carbocycles. The number of likely N-dealkylation sites (tertiary alicyclic amines) is 1. The van der Waals surface area contributed by atoms with Crippen LogP contribution in [-0.2, 0) is 14.3 Å². The highest BCUT2D eigenvalue weighted by Crippen LogP contribution is 2.15. The molecule has 8 heteroatoms. The maximum Gasteiger partial charge on any atom is 0.418 e. The third-order valence-corrected chi connectivity index (χ3v) is 4.03. The largest absolute Gasteiger partial charge is 0.418 e. The Kier molecular flexibility index (Phi) is 8.28. The van der Waals surface area contributed by atoms with E-state index < -0.39 is 24.3 Å². The number of halogens is 1. The molecule has 1 aliphatic rings. The summed E-state index contributed by atoms with van der Waals surface area (Å²) in [6, 6.07) is 0. The highest BCUT2D eigenvalue weighted by molar-refractivity contribution is 5.83. The van der Waals surface area contributed by atoms with E-state index >= 15 is 0 Å². The first-order valence-electron chi connectivity index (χ1n) is 8.60. The topological polar surface area (TPSA) is 84.9 Å². The number of nitrogens with one attached hydrogen (secondary N) is 1. The number of hydrogen-bond donors (Lipinski definition) is 1. The van der Waals surface area contributed by atoms with E-state index in [-0.39, 0.29) is 44.0 Å². The van der Waals surface area contributed by atoms with E-state index in [1.54, 1.807) is 0 Å². The van der Waals surface area contributed by atoms with Gasteiger partial charge >= 0.3 is 12.2 Å². The molecular weight excluding hydrogens is 331 g/mol. The number of aldehydes is 1. The van der Waals surface area contributed by atoms with Crippen LogP contribution in [0.5, 0.6) is 0 Å². The number of alkyl carbamates (subject to hydrolysis) is 1. The Morgan fingerprint density at radius 2 is 1.92 bits per heavy atom. The van der Waals surface area contributed by atoms with Gasteiger partial charge in [0.05, 0.1) is 12.2 Å². The lowest BCUT2D eigenvalue weighted by Gasteiger charge is -2.27. The Bertz CT molecular complexity index is 458. The SMILES string of the molecule is CC(COC(C)(C)C)C(C=O)CNC(=O)OC(=O)N1CCC(F)CC1. The van der Waals surface area contributed by atoms with Gasteiger partial charge in [-0.2, -0.15) is 0 Å². The number of hydrogen-bond acceptors (Lipinski definition) is 5. The summed E-state index contributed by atoms with van der Waals surface area (Å²) in [4.78, 5) is 36.0. The van der Waals surface area contributed by atoms with Crippen molar-refractivity contribution < 1.29 is 28.2 Å². The van der Waals surface area contributed by atoms with Crippen LogP contribution < -0.4 is 5.32 Å². The molecule has 0 spiro atoms. The third kappa shape index (κ3) is 8.29. The van der Waals surface area contributed by atoms with Crippen molar-refractivity contribution >= 4 is 18.5 Å². The van der Waals surface area contributed by atoms with Crippen molar-refractivity contribution in [3.05, 3.63) is 0 Å². The van der Waals surface area contributed by atoms with Gasteiger partial charge in [0.2, 0.25) is 0 Å². The molecular formula is C17H29FN2O5. The monoisotopic (exact) mass is 360 g/mol. The summed E-state index contributed by atoms with van der Waals surface area (Å²) in [5.74, 6) is -0.552. The van der Waals surface area contributed by atoms with Crippen LogP contribution in [0.2, 0.25) is 0 Å². The van der Waals surface area contributed by atoms with Crippen molar-refractivity contribution in [3.63, 3.8) is 0 Å². The lowest BCUT2D eigenvalue weighted by molar-refractivity contribution is -0.114. The van der Waals surface area contributed by atoms with Crippen LogP contribution >= 0.6 is 0 Å². The minimum Gasteiger partial charge on any atom is -0.376 e. The minimum atomic E-state index is -0.914. The molecule has 0 aromatic rings. The quantitative estimate of drug-likeness (QED) is 0.581. The number of ether oxygens (including phenoxy) is 2. The molecule has 144 valence electrons. The van der Waals surface area contributed by atoms with E-state index in [4.69, 9.17) is 4.74 Å². The van der Waals surface area contributed by atoms with Gasteiger partial charge in [-0.05, 0) is 39.5 Å². The van der Waals surface area contributed by atoms with Crippen molar-refractivity contribution in [2.45, 2.75) is 52.3 Å². The zero-order valence-corrected chi connectivity index (χ0v) is 15.4. The Labute approximate surface area is 148 Å². The highest BCUT2D eigenvalue weighted by atomic mass is 19.1. The number of amides is 2. The Balaban J connectivity index is 2.35. The van der Waals surface area contributed by atoms with E-state index in [0.29, 0.717) is 6.61 Å². The lowest BCUT2D eigenvalue weighted by Crippen LogP contribution is -2.42. The Morgan fingerprint density at radius 3 is 2.44 bits per heavy atom. The molecule has 1 heterocycles. The zero-order valence-electron chi connectivity index (χ0n) is 15.4. The molecule has 2 amide bonds. The van der Waals surface area contributed by atoms with Crippen molar-refractivity contribution in [2.24, 2.45) is 11.8 Å². The number of nitrogens with zero attached hydrogens (tertiary/aromatic N) is 1. The lowest BCUT2D eigenvalue weighted by atomic mass is 9.96. The van der Waals surface area contributed by atoms with Gasteiger partial charge in [0.1, 0.15) is 12.5 Å². The van der Waals surface area contributed by atoms with Crippen LogP contribution in [0, 0.1) is 11.8 Å². The average Bonchev–Trinajstić information content (AvgIpc) is 2.53. The smallest absolute Gasteiger partial charge is 0.376 e. The molecule has 0 bridgehead atoms. The summed E-state index contributed by atoms with van der Waals surface area (Å²) < 4.78 is 23.4. The fourth-order valence-electron chi connectivity index (χ4n) is 2.30. The molecule has 0 radical (unpaired) electrons. The molecule has 1 fully saturated rings. The van der Waals surface area contributed by atoms with Crippen molar-refractivity contribution in [1.29, 1.82) is 0 Å². The van der Waals surface area contributed by atoms with E-state index in [1.807, 2.05) is 27.7 Å². The van der Waals surface area contributed by atoms with E-state index in [2.05, 4.69) is 10.1 Å². The number of piperidine rings is 1. The molecule has 2 atom stereocenters. The maximum atomic E-state index is 13.0. The summed E-state index contributed by atoms with van der Waals surface area (Å²) in [7, 11) is 0. The zero-order chi connectivity index (χ0) is 19.0. The van der Waals surface area contributed by atoms with Gasteiger partial charge in [-0.1, -0.05) is 6.92 Å². The number of alkyl halides is 1. The molecule has 25 heavy (non-hydrogen) atoms. The summed E-state index contributed by atoms with van der Waals surface area (Å²) >= 11 is 0. The first-order valence-corrected chi connectivity index (χ1v) is 8.60. The van der Waals surface area contributed by atoms with Gasteiger partial charge < -0.3 is 24.5 Å². The molecule has 1 rings (SSSR count). The van der Waals surface area contributed by atoms with Crippen molar-refractivity contribution in [2.75, 3.05) is 26.2 Å². The second-order valence-electron chi connectivity index (χ2n) is 7.40. The first-order chi connectivity index (χ1) is 11.6. The summed E-state index contributed by atoms with van der Waals surface area (Å²) in [5, 5.41) is 2.42. The van der Waals surface area contributed by atoms with Crippen LogP contribution in [-0.4, -0.2) is 61.4 Å².